The van der Waals surface area contributed by atoms with E-state index >= 15 is 0 Å². The monoisotopic (exact) mass is 321 g/mol. The summed E-state index contributed by atoms with van der Waals surface area (Å²) in [5.74, 6) is 0.422. The summed E-state index contributed by atoms with van der Waals surface area (Å²) in [7, 11) is 0. The molecule has 1 unspecified atom stereocenters. The Kier molecular flexibility index (Phi) is 7.59. The minimum absolute atomic E-state index is 0.00299. The topological polar surface area (TPSA) is 75.4 Å². The van der Waals surface area contributed by atoms with Crippen molar-refractivity contribution in [2.24, 2.45) is 17.6 Å². The lowest BCUT2D eigenvalue weighted by atomic mass is 9.89. The number of nitrogens with zero attached hydrogens (tertiary/aromatic N) is 1. The van der Waals surface area contributed by atoms with E-state index in [0.29, 0.717) is 12.5 Å². The number of hydrogen-bond acceptors (Lipinski definition) is 3. The van der Waals surface area contributed by atoms with Gasteiger partial charge in [0.2, 0.25) is 11.8 Å². The Balaban J connectivity index is 1.56. The molecule has 0 aromatic carbocycles. The highest BCUT2D eigenvalue weighted by Crippen LogP contribution is 2.24. The smallest absolute Gasteiger partial charge is 0.243 e. The van der Waals surface area contributed by atoms with Crippen LogP contribution < -0.4 is 11.1 Å². The van der Waals surface area contributed by atoms with E-state index < -0.39 is 0 Å². The molecule has 23 heavy (non-hydrogen) atoms. The van der Waals surface area contributed by atoms with Crippen molar-refractivity contribution in [1.82, 2.24) is 10.2 Å². The van der Waals surface area contributed by atoms with Crippen LogP contribution in [-0.4, -0.2) is 42.9 Å². The summed E-state index contributed by atoms with van der Waals surface area (Å²) in [5, 5.41) is 2.95. The van der Waals surface area contributed by atoms with E-state index in [0.717, 1.165) is 38.9 Å². The predicted molar refractivity (Wildman–Crippen MR) is 91.7 cm³/mol. The number of allylic oxidation sites excluding steroid dienone is 1. The van der Waals surface area contributed by atoms with Gasteiger partial charge in [0.05, 0.1) is 5.92 Å². The molecule has 3 N–H and O–H groups in total. The van der Waals surface area contributed by atoms with Gasteiger partial charge in [0.25, 0.3) is 0 Å². The maximum atomic E-state index is 11.8. The average Bonchev–Trinajstić information content (AvgIpc) is 2.58. The van der Waals surface area contributed by atoms with Crippen molar-refractivity contribution in [3.63, 3.8) is 0 Å². The number of amides is 2. The number of rotatable bonds is 7. The minimum Gasteiger partial charge on any atom is -0.369 e. The summed E-state index contributed by atoms with van der Waals surface area (Å²) in [5.41, 5.74) is 5.39. The number of piperidine rings is 1. The van der Waals surface area contributed by atoms with Crippen molar-refractivity contribution in [2.75, 3.05) is 26.2 Å². The minimum atomic E-state index is -0.184. The van der Waals surface area contributed by atoms with Crippen LogP contribution in [0.2, 0.25) is 0 Å². The Morgan fingerprint density at radius 2 is 1.91 bits per heavy atom. The van der Waals surface area contributed by atoms with Crippen molar-refractivity contribution >= 4 is 11.8 Å². The molecule has 1 atom stereocenters. The molecule has 2 amide bonds. The largest absolute Gasteiger partial charge is 0.369 e. The standard InChI is InChI=1S/C18H31N3O2/c19-18(23)16-8-4-12-21(14-16)13-5-11-20-17(22)10-9-15-6-2-1-3-7-15/h9-10,15-16H,1-8,11-14H2,(H2,19,23)(H,20,22). The van der Waals surface area contributed by atoms with Crippen LogP contribution in [0.25, 0.3) is 0 Å². The molecule has 0 spiro atoms. The Morgan fingerprint density at radius 3 is 2.65 bits per heavy atom. The molecular formula is C18H31N3O2. The van der Waals surface area contributed by atoms with E-state index in [1.54, 1.807) is 6.08 Å². The van der Waals surface area contributed by atoms with Crippen LogP contribution >= 0.6 is 0 Å². The second kappa shape index (κ2) is 9.71. The lowest BCUT2D eigenvalue weighted by Gasteiger charge is -2.31. The van der Waals surface area contributed by atoms with Gasteiger partial charge in [-0.3, -0.25) is 9.59 Å². The lowest BCUT2D eigenvalue weighted by molar-refractivity contribution is -0.123. The SMILES string of the molecule is NC(=O)C1CCCN(CCCNC(=O)C=CC2CCCCC2)C1. The van der Waals surface area contributed by atoms with Crippen molar-refractivity contribution in [3.8, 4) is 0 Å². The van der Waals surface area contributed by atoms with Crippen LogP contribution in [0.1, 0.15) is 51.4 Å². The van der Waals surface area contributed by atoms with E-state index in [9.17, 15) is 9.59 Å². The molecule has 1 saturated carbocycles. The first-order valence-electron chi connectivity index (χ1n) is 9.13. The fraction of sp³-hybridized carbons (Fsp3) is 0.778. The number of primary amides is 1. The van der Waals surface area contributed by atoms with Crippen molar-refractivity contribution in [1.29, 1.82) is 0 Å². The summed E-state index contributed by atoms with van der Waals surface area (Å²) in [6.07, 6.45) is 13.0. The van der Waals surface area contributed by atoms with Gasteiger partial charge in [0.15, 0.2) is 0 Å². The van der Waals surface area contributed by atoms with E-state index in [2.05, 4.69) is 16.3 Å². The Labute approximate surface area is 139 Å². The highest BCUT2D eigenvalue weighted by Gasteiger charge is 2.23. The zero-order chi connectivity index (χ0) is 16.5. The van der Waals surface area contributed by atoms with Crippen LogP contribution in [0.4, 0.5) is 0 Å². The fourth-order valence-corrected chi connectivity index (χ4v) is 3.61. The van der Waals surface area contributed by atoms with Gasteiger partial charge >= 0.3 is 0 Å². The second-order valence-electron chi connectivity index (χ2n) is 6.94. The Morgan fingerprint density at radius 1 is 1.13 bits per heavy atom. The van der Waals surface area contributed by atoms with Gasteiger partial charge in [-0.15, -0.1) is 0 Å². The molecule has 1 aliphatic heterocycles. The molecule has 0 aromatic rings. The molecule has 5 nitrogen and oxygen atoms in total. The van der Waals surface area contributed by atoms with Crippen molar-refractivity contribution in [2.45, 2.75) is 51.4 Å². The molecule has 2 aliphatic rings. The number of nitrogens with one attached hydrogen (secondary N) is 1. The molecule has 0 aromatic heterocycles. The van der Waals surface area contributed by atoms with Crippen LogP contribution in [0.3, 0.4) is 0 Å². The zero-order valence-corrected chi connectivity index (χ0v) is 14.1. The summed E-state index contributed by atoms with van der Waals surface area (Å²) in [6, 6.07) is 0. The van der Waals surface area contributed by atoms with E-state index in [-0.39, 0.29) is 17.7 Å². The maximum absolute atomic E-state index is 11.8. The van der Waals surface area contributed by atoms with Crippen LogP contribution in [-0.2, 0) is 9.59 Å². The van der Waals surface area contributed by atoms with E-state index in [1.807, 2.05) is 0 Å². The molecule has 0 bridgehead atoms. The van der Waals surface area contributed by atoms with Crippen molar-refractivity contribution in [3.05, 3.63) is 12.2 Å². The highest BCUT2D eigenvalue weighted by atomic mass is 16.1. The van der Waals surface area contributed by atoms with Gasteiger partial charge < -0.3 is 16.0 Å². The van der Waals surface area contributed by atoms with Gasteiger partial charge in [0.1, 0.15) is 0 Å². The second-order valence-corrected chi connectivity index (χ2v) is 6.94. The quantitative estimate of drug-likeness (QED) is 0.555. The third-order valence-electron chi connectivity index (χ3n) is 5.03. The average molecular weight is 321 g/mol. The van der Waals surface area contributed by atoms with Crippen LogP contribution in [0, 0.1) is 11.8 Å². The summed E-state index contributed by atoms with van der Waals surface area (Å²) in [6.45, 7) is 3.39. The number of likely N-dealkylation sites (tertiary alicyclic amines) is 1. The number of hydrogen-bond donors (Lipinski definition) is 2. The third kappa shape index (κ3) is 6.73. The Bertz CT molecular complexity index is 416. The molecule has 1 heterocycles. The first-order valence-corrected chi connectivity index (χ1v) is 9.13. The highest BCUT2D eigenvalue weighted by molar-refractivity contribution is 5.87. The van der Waals surface area contributed by atoms with Gasteiger partial charge in [-0.1, -0.05) is 25.3 Å². The molecule has 1 aliphatic carbocycles. The number of carbonyl (C=O) groups excluding carboxylic acids is 2. The first-order chi connectivity index (χ1) is 11.1. The number of nitrogens with two attached hydrogens (primary N) is 1. The molecule has 130 valence electrons. The maximum Gasteiger partial charge on any atom is 0.243 e. The number of carbonyl (C=O) groups is 2. The summed E-state index contributed by atoms with van der Waals surface area (Å²) >= 11 is 0. The zero-order valence-electron chi connectivity index (χ0n) is 14.1. The van der Waals surface area contributed by atoms with E-state index in [1.165, 1.54) is 32.1 Å². The molecular weight excluding hydrogens is 290 g/mol. The summed E-state index contributed by atoms with van der Waals surface area (Å²) < 4.78 is 0. The van der Waals surface area contributed by atoms with E-state index in [4.69, 9.17) is 5.73 Å². The van der Waals surface area contributed by atoms with Crippen LogP contribution in [0.5, 0.6) is 0 Å². The molecule has 1 saturated heterocycles. The molecule has 5 heteroatoms. The third-order valence-corrected chi connectivity index (χ3v) is 5.03. The molecule has 2 fully saturated rings. The van der Waals surface area contributed by atoms with Gasteiger partial charge in [-0.25, -0.2) is 0 Å². The van der Waals surface area contributed by atoms with Crippen molar-refractivity contribution < 1.29 is 9.59 Å². The van der Waals surface area contributed by atoms with Gasteiger partial charge in [0, 0.05) is 13.1 Å². The fourth-order valence-electron chi connectivity index (χ4n) is 3.61. The molecule has 2 rings (SSSR count). The van der Waals surface area contributed by atoms with Gasteiger partial charge in [-0.05, 0) is 57.2 Å². The van der Waals surface area contributed by atoms with Crippen LogP contribution in [0.15, 0.2) is 12.2 Å². The lowest BCUT2D eigenvalue weighted by Crippen LogP contribution is -2.42. The predicted octanol–water partition coefficient (Wildman–Crippen LogP) is 1.83. The molecule has 0 radical (unpaired) electrons. The normalized spacial score (nSPS) is 23.9. The summed E-state index contributed by atoms with van der Waals surface area (Å²) in [4.78, 5) is 25.3. The first kappa shape index (κ1) is 18.0. The van der Waals surface area contributed by atoms with Gasteiger partial charge in [-0.2, -0.15) is 0 Å². The Hall–Kier alpha value is -1.36.